The van der Waals surface area contributed by atoms with Crippen molar-refractivity contribution in [3.05, 3.63) is 11.8 Å². The van der Waals surface area contributed by atoms with Crippen LogP contribution in [-0.2, 0) is 14.3 Å². The molecule has 0 atom stereocenters. The van der Waals surface area contributed by atoms with Gasteiger partial charge in [-0.15, -0.1) is 0 Å². The van der Waals surface area contributed by atoms with E-state index in [0.29, 0.717) is 18.9 Å². The highest BCUT2D eigenvalue weighted by atomic mass is 16.5. The van der Waals surface area contributed by atoms with Crippen LogP contribution < -0.4 is 5.73 Å². The molecule has 0 aliphatic heterocycles. The molecule has 0 heterocycles. The lowest BCUT2D eigenvalue weighted by Crippen LogP contribution is -2.11. The third kappa shape index (κ3) is 7.33. The van der Waals surface area contributed by atoms with Crippen LogP contribution in [0.5, 0.6) is 0 Å². The first-order chi connectivity index (χ1) is 6.20. The summed E-state index contributed by atoms with van der Waals surface area (Å²) in [6.07, 6.45) is 2.07. The maximum Gasteiger partial charge on any atom is 0.332 e. The standard InChI is InChI=1S/C9H17NO3/c1-3-5-13-9(11)6-8(10)7-12-4-2/h6H,3-5,7,10H2,1-2H3. The van der Waals surface area contributed by atoms with Crippen LogP contribution in [0.2, 0.25) is 0 Å². The van der Waals surface area contributed by atoms with Crippen molar-refractivity contribution in [2.24, 2.45) is 5.73 Å². The van der Waals surface area contributed by atoms with Gasteiger partial charge >= 0.3 is 5.97 Å². The summed E-state index contributed by atoms with van der Waals surface area (Å²) in [6, 6.07) is 0. The number of esters is 1. The zero-order chi connectivity index (χ0) is 10.1. The van der Waals surface area contributed by atoms with Gasteiger partial charge in [0.05, 0.1) is 13.2 Å². The Morgan fingerprint density at radius 2 is 2.15 bits per heavy atom. The van der Waals surface area contributed by atoms with Crippen molar-refractivity contribution >= 4 is 5.97 Å². The maximum absolute atomic E-state index is 10.9. The predicted octanol–water partition coefficient (Wildman–Crippen LogP) is 0.819. The molecule has 0 aromatic rings. The van der Waals surface area contributed by atoms with Crippen molar-refractivity contribution in [2.45, 2.75) is 20.3 Å². The van der Waals surface area contributed by atoms with Crippen molar-refractivity contribution in [1.82, 2.24) is 0 Å². The number of ether oxygens (including phenoxy) is 2. The van der Waals surface area contributed by atoms with E-state index in [1.54, 1.807) is 0 Å². The summed E-state index contributed by atoms with van der Waals surface area (Å²) in [6.45, 7) is 5.08. The van der Waals surface area contributed by atoms with Gasteiger partial charge in [-0.3, -0.25) is 0 Å². The molecule has 0 amide bonds. The molecule has 0 aliphatic carbocycles. The molecule has 0 rings (SSSR count). The molecule has 2 N–H and O–H groups in total. The zero-order valence-electron chi connectivity index (χ0n) is 8.21. The van der Waals surface area contributed by atoms with Crippen LogP contribution in [-0.4, -0.2) is 25.8 Å². The third-order valence-electron chi connectivity index (χ3n) is 1.22. The lowest BCUT2D eigenvalue weighted by Gasteiger charge is -2.01. The molecule has 0 spiro atoms. The molecule has 0 bridgehead atoms. The molecule has 76 valence electrons. The van der Waals surface area contributed by atoms with Gasteiger partial charge in [0.1, 0.15) is 0 Å². The second-order valence-corrected chi connectivity index (χ2v) is 2.52. The van der Waals surface area contributed by atoms with Crippen LogP contribution >= 0.6 is 0 Å². The SMILES string of the molecule is CCCOC(=O)C=C(N)COCC. The monoisotopic (exact) mass is 187 g/mol. The Bertz CT molecular complexity index is 178. The summed E-state index contributed by atoms with van der Waals surface area (Å²) in [5, 5.41) is 0. The quantitative estimate of drug-likeness (QED) is 0.494. The molecule has 0 unspecified atom stereocenters. The Kier molecular flexibility index (Phi) is 7.01. The number of rotatable bonds is 6. The minimum atomic E-state index is -0.404. The van der Waals surface area contributed by atoms with E-state index in [-0.39, 0.29) is 6.61 Å². The normalized spacial score (nSPS) is 11.4. The van der Waals surface area contributed by atoms with Crippen molar-refractivity contribution in [1.29, 1.82) is 0 Å². The second kappa shape index (κ2) is 7.61. The summed E-state index contributed by atoms with van der Waals surface area (Å²) in [4.78, 5) is 10.9. The summed E-state index contributed by atoms with van der Waals surface area (Å²) in [5.74, 6) is -0.404. The molecule has 0 fully saturated rings. The van der Waals surface area contributed by atoms with Crippen molar-refractivity contribution < 1.29 is 14.3 Å². The molecule has 0 radical (unpaired) electrons. The van der Waals surface area contributed by atoms with Crippen molar-refractivity contribution in [3.8, 4) is 0 Å². The molecule has 0 aromatic carbocycles. The Morgan fingerprint density at radius 1 is 1.46 bits per heavy atom. The van der Waals surface area contributed by atoms with Gasteiger partial charge in [-0.1, -0.05) is 6.92 Å². The van der Waals surface area contributed by atoms with E-state index in [0.717, 1.165) is 6.42 Å². The van der Waals surface area contributed by atoms with Crippen LogP contribution in [0.25, 0.3) is 0 Å². The van der Waals surface area contributed by atoms with E-state index in [9.17, 15) is 4.79 Å². The highest BCUT2D eigenvalue weighted by molar-refractivity contribution is 5.82. The van der Waals surface area contributed by atoms with Gasteiger partial charge in [0.15, 0.2) is 0 Å². The molecule has 13 heavy (non-hydrogen) atoms. The Balaban J connectivity index is 3.70. The average molecular weight is 187 g/mol. The summed E-state index contributed by atoms with van der Waals surface area (Å²) in [7, 11) is 0. The Labute approximate surface area is 78.7 Å². The van der Waals surface area contributed by atoms with Crippen LogP contribution in [0.3, 0.4) is 0 Å². The molecular weight excluding hydrogens is 170 g/mol. The molecule has 0 saturated carbocycles. The second-order valence-electron chi connectivity index (χ2n) is 2.52. The fourth-order valence-corrected chi connectivity index (χ4v) is 0.657. The van der Waals surface area contributed by atoms with Crippen molar-refractivity contribution in [3.63, 3.8) is 0 Å². The lowest BCUT2D eigenvalue weighted by molar-refractivity contribution is -0.137. The van der Waals surface area contributed by atoms with E-state index in [1.807, 2.05) is 13.8 Å². The minimum Gasteiger partial charge on any atom is -0.462 e. The highest BCUT2D eigenvalue weighted by Crippen LogP contribution is 1.90. The van der Waals surface area contributed by atoms with E-state index in [2.05, 4.69) is 0 Å². The molecule has 0 aromatic heterocycles. The minimum absolute atomic E-state index is 0.276. The Hall–Kier alpha value is -1.03. The van der Waals surface area contributed by atoms with E-state index in [1.165, 1.54) is 6.08 Å². The third-order valence-corrected chi connectivity index (χ3v) is 1.22. The topological polar surface area (TPSA) is 61.5 Å². The lowest BCUT2D eigenvalue weighted by atomic mass is 10.4. The largest absolute Gasteiger partial charge is 0.462 e. The van der Waals surface area contributed by atoms with Gasteiger partial charge in [-0.2, -0.15) is 0 Å². The van der Waals surface area contributed by atoms with Crippen molar-refractivity contribution in [2.75, 3.05) is 19.8 Å². The Morgan fingerprint density at radius 3 is 2.69 bits per heavy atom. The molecular formula is C9H17NO3. The summed E-state index contributed by atoms with van der Waals surface area (Å²) >= 11 is 0. The fourth-order valence-electron chi connectivity index (χ4n) is 0.657. The first-order valence-electron chi connectivity index (χ1n) is 4.41. The van der Waals surface area contributed by atoms with E-state index in [4.69, 9.17) is 15.2 Å². The van der Waals surface area contributed by atoms with Gasteiger partial charge < -0.3 is 15.2 Å². The first-order valence-corrected chi connectivity index (χ1v) is 4.41. The van der Waals surface area contributed by atoms with E-state index < -0.39 is 5.97 Å². The summed E-state index contributed by atoms with van der Waals surface area (Å²) in [5.41, 5.74) is 5.86. The predicted molar refractivity (Wildman–Crippen MR) is 50.0 cm³/mol. The number of hydrogen-bond donors (Lipinski definition) is 1. The van der Waals surface area contributed by atoms with Crippen LogP contribution in [0, 0.1) is 0 Å². The summed E-state index contributed by atoms with van der Waals surface area (Å²) < 4.78 is 9.79. The van der Waals surface area contributed by atoms with Crippen LogP contribution in [0.1, 0.15) is 20.3 Å². The smallest absolute Gasteiger partial charge is 0.332 e. The molecule has 4 nitrogen and oxygen atoms in total. The number of carbonyl (C=O) groups excluding carboxylic acids is 1. The average Bonchev–Trinajstić information content (AvgIpc) is 2.11. The number of carbonyl (C=O) groups is 1. The van der Waals surface area contributed by atoms with Gasteiger partial charge in [-0.25, -0.2) is 4.79 Å². The highest BCUT2D eigenvalue weighted by Gasteiger charge is 1.98. The zero-order valence-corrected chi connectivity index (χ0v) is 8.21. The van der Waals surface area contributed by atoms with Gasteiger partial charge in [-0.05, 0) is 13.3 Å². The number of nitrogens with two attached hydrogens (primary N) is 1. The van der Waals surface area contributed by atoms with E-state index >= 15 is 0 Å². The maximum atomic E-state index is 10.9. The van der Waals surface area contributed by atoms with Gasteiger partial charge in [0, 0.05) is 18.4 Å². The molecule has 4 heteroatoms. The first kappa shape index (κ1) is 12.0. The van der Waals surface area contributed by atoms with Gasteiger partial charge in [0.25, 0.3) is 0 Å². The molecule has 0 aliphatic rings. The van der Waals surface area contributed by atoms with Crippen LogP contribution in [0.15, 0.2) is 11.8 Å². The van der Waals surface area contributed by atoms with Crippen LogP contribution in [0.4, 0.5) is 0 Å². The number of hydrogen-bond acceptors (Lipinski definition) is 4. The fraction of sp³-hybridized carbons (Fsp3) is 0.667. The van der Waals surface area contributed by atoms with Gasteiger partial charge in [0.2, 0.25) is 0 Å². The molecule has 0 saturated heterocycles.